The topological polar surface area (TPSA) is 64.8 Å². The van der Waals surface area contributed by atoms with Crippen LogP contribution in [0.2, 0.25) is 0 Å². The molecular weight excluding hydrogens is 260 g/mol. The van der Waals surface area contributed by atoms with Crippen molar-refractivity contribution >= 4 is 16.7 Å². The van der Waals surface area contributed by atoms with Crippen molar-refractivity contribution in [3.63, 3.8) is 0 Å². The first kappa shape index (κ1) is 13.4. The highest BCUT2D eigenvalue weighted by Gasteiger charge is 2.19. The number of anilines is 1. The molecule has 19 heavy (non-hydrogen) atoms. The summed E-state index contributed by atoms with van der Waals surface area (Å²) in [5, 5.41) is 7.72. The van der Waals surface area contributed by atoms with E-state index in [4.69, 9.17) is 15.6 Å². The number of para-hydroxylation sites is 1. The van der Waals surface area contributed by atoms with Gasteiger partial charge in [0.2, 0.25) is 5.36 Å². The monoisotopic (exact) mass is 274 g/mol. The minimum atomic E-state index is 0. The fraction of sp³-hybridized carbons (Fsp3) is 0.133. The van der Waals surface area contributed by atoms with Crippen LogP contribution < -0.4 is 28.9 Å². The standard InChI is InChI=1S/C15H14N2O.ClH/c1-8-9(2)15-11(14(17)13(8)16)7-10-5-3-4-6-12(10)18-15;/h3-7,17H,16H2,1-2H3;1H. The quantitative estimate of drug-likeness (QED) is 0.383. The van der Waals surface area contributed by atoms with Crippen molar-refractivity contribution in [2.75, 3.05) is 5.73 Å². The van der Waals surface area contributed by atoms with Gasteiger partial charge in [0, 0.05) is 5.39 Å². The lowest BCUT2D eigenvalue weighted by Crippen LogP contribution is -3.00. The SMILES string of the molecule is Cc1c2oc3ccccc3cc-2c(=[NH2+])c(N)c1C.[Cl-]. The summed E-state index contributed by atoms with van der Waals surface area (Å²) in [7, 11) is 0. The third kappa shape index (κ3) is 1.87. The van der Waals surface area contributed by atoms with Gasteiger partial charge < -0.3 is 22.6 Å². The second-order valence-corrected chi connectivity index (χ2v) is 4.60. The van der Waals surface area contributed by atoms with E-state index >= 15 is 0 Å². The van der Waals surface area contributed by atoms with Gasteiger partial charge in [0.15, 0.2) is 0 Å². The zero-order chi connectivity index (χ0) is 12.9. The molecule has 3 rings (SSSR count). The highest BCUT2D eigenvalue weighted by molar-refractivity contribution is 5.85. The molecule has 1 aliphatic heterocycles. The van der Waals surface area contributed by atoms with Crippen molar-refractivity contribution in [2.45, 2.75) is 13.8 Å². The largest absolute Gasteiger partial charge is 1.00 e. The van der Waals surface area contributed by atoms with Crippen molar-refractivity contribution < 1.29 is 22.2 Å². The third-order valence-electron chi connectivity index (χ3n) is 3.56. The van der Waals surface area contributed by atoms with Gasteiger partial charge in [-0.25, -0.2) is 0 Å². The van der Waals surface area contributed by atoms with Gasteiger partial charge in [-0.1, -0.05) is 18.2 Å². The summed E-state index contributed by atoms with van der Waals surface area (Å²) < 4.78 is 5.96. The second kappa shape index (κ2) is 4.59. The molecule has 1 aromatic rings. The van der Waals surface area contributed by atoms with Gasteiger partial charge in [0.05, 0.1) is 5.56 Å². The zero-order valence-electron chi connectivity index (χ0n) is 10.8. The first-order chi connectivity index (χ1) is 8.59. The Hall–Kier alpha value is -2.00. The van der Waals surface area contributed by atoms with Crippen LogP contribution in [-0.2, 0) is 0 Å². The Kier molecular flexibility index (Phi) is 3.25. The minimum Gasteiger partial charge on any atom is -1.00 e. The summed E-state index contributed by atoms with van der Waals surface area (Å²) >= 11 is 0. The van der Waals surface area contributed by atoms with E-state index in [-0.39, 0.29) is 12.4 Å². The van der Waals surface area contributed by atoms with Gasteiger partial charge >= 0.3 is 0 Å². The maximum absolute atomic E-state index is 6.09. The highest BCUT2D eigenvalue weighted by Crippen LogP contribution is 2.31. The molecule has 1 aromatic carbocycles. The molecule has 1 heterocycles. The molecule has 4 heteroatoms. The molecule has 0 spiro atoms. The molecule has 4 N–H and O–H groups in total. The maximum Gasteiger partial charge on any atom is 0.231 e. The smallest absolute Gasteiger partial charge is 0.231 e. The molecule has 2 aliphatic rings. The highest BCUT2D eigenvalue weighted by atomic mass is 35.5. The Balaban J connectivity index is 0.00000133. The van der Waals surface area contributed by atoms with E-state index < -0.39 is 0 Å². The third-order valence-corrected chi connectivity index (χ3v) is 3.56. The van der Waals surface area contributed by atoms with Crippen LogP contribution in [0.4, 0.5) is 5.69 Å². The molecule has 1 aliphatic carbocycles. The minimum absolute atomic E-state index is 0. The summed E-state index contributed by atoms with van der Waals surface area (Å²) in [6, 6.07) is 9.93. The van der Waals surface area contributed by atoms with E-state index in [9.17, 15) is 0 Å². The number of hydrogen-bond acceptors (Lipinski definition) is 2. The molecule has 0 bridgehead atoms. The molecule has 3 nitrogen and oxygen atoms in total. The fourth-order valence-corrected chi connectivity index (χ4v) is 2.28. The van der Waals surface area contributed by atoms with Crippen molar-refractivity contribution in [3.8, 4) is 11.3 Å². The average molecular weight is 275 g/mol. The molecule has 98 valence electrons. The normalized spacial score (nSPS) is 10.6. The number of fused-ring (bicyclic) bond motifs is 2. The number of hydrogen-bond donors (Lipinski definition) is 2. The van der Waals surface area contributed by atoms with Gasteiger partial charge in [-0.3, -0.25) is 5.41 Å². The Morgan fingerprint density at radius 1 is 1.11 bits per heavy atom. The van der Waals surface area contributed by atoms with Gasteiger partial charge in [0.1, 0.15) is 17.0 Å². The van der Waals surface area contributed by atoms with Crippen LogP contribution in [0.5, 0.6) is 0 Å². The Morgan fingerprint density at radius 2 is 1.79 bits per heavy atom. The first-order valence-corrected chi connectivity index (χ1v) is 5.89. The Morgan fingerprint density at radius 3 is 2.53 bits per heavy atom. The van der Waals surface area contributed by atoms with E-state index in [1.54, 1.807) is 0 Å². The second-order valence-electron chi connectivity index (χ2n) is 4.60. The van der Waals surface area contributed by atoms with E-state index in [1.807, 2.05) is 44.2 Å². The molecule has 0 amide bonds. The maximum atomic E-state index is 6.09. The van der Waals surface area contributed by atoms with E-state index in [0.717, 1.165) is 33.4 Å². The summed E-state index contributed by atoms with van der Waals surface area (Å²) in [5.74, 6) is 0.818. The van der Waals surface area contributed by atoms with Crippen LogP contribution in [0.25, 0.3) is 22.3 Å². The summed E-state index contributed by atoms with van der Waals surface area (Å²) in [6.45, 7) is 3.97. The summed E-state index contributed by atoms with van der Waals surface area (Å²) in [4.78, 5) is 0. The number of nitrogen functional groups attached to an aromatic ring is 1. The zero-order valence-corrected chi connectivity index (χ0v) is 11.6. The molecular formula is C15H15ClN2O. The van der Waals surface area contributed by atoms with E-state index in [1.165, 1.54) is 0 Å². The first-order valence-electron chi connectivity index (χ1n) is 5.89. The summed E-state index contributed by atoms with van der Waals surface area (Å²) in [5.41, 5.74) is 10.4. The number of benzene rings is 2. The van der Waals surface area contributed by atoms with Crippen molar-refractivity contribution in [2.24, 2.45) is 0 Å². The van der Waals surface area contributed by atoms with Gasteiger partial charge in [0.25, 0.3) is 0 Å². The van der Waals surface area contributed by atoms with Crippen LogP contribution >= 0.6 is 0 Å². The fourth-order valence-electron chi connectivity index (χ4n) is 2.28. The Bertz CT molecular complexity index is 792. The molecule has 0 aromatic heterocycles. The lowest BCUT2D eigenvalue weighted by atomic mass is 9.97. The lowest BCUT2D eigenvalue weighted by molar-refractivity contribution is -0.170. The number of nitrogens with two attached hydrogens (primary N) is 2. The van der Waals surface area contributed by atoms with Gasteiger partial charge in [-0.05, 0) is 37.1 Å². The lowest BCUT2D eigenvalue weighted by Gasteiger charge is -2.12. The average Bonchev–Trinajstić information content (AvgIpc) is 2.41. The van der Waals surface area contributed by atoms with Gasteiger partial charge in [-0.2, -0.15) is 0 Å². The Labute approximate surface area is 117 Å². The molecule has 0 unspecified atom stereocenters. The van der Waals surface area contributed by atoms with Crippen LogP contribution in [0.15, 0.2) is 34.7 Å². The van der Waals surface area contributed by atoms with E-state index in [0.29, 0.717) is 11.0 Å². The van der Waals surface area contributed by atoms with Crippen molar-refractivity contribution in [1.82, 2.24) is 0 Å². The number of rotatable bonds is 0. The molecule has 0 saturated carbocycles. The molecule has 0 fully saturated rings. The van der Waals surface area contributed by atoms with E-state index in [2.05, 4.69) is 0 Å². The molecule has 0 atom stereocenters. The van der Waals surface area contributed by atoms with Crippen LogP contribution in [0.1, 0.15) is 11.1 Å². The van der Waals surface area contributed by atoms with Gasteiger partial charge in [-0.15, -0.1) is 0 Å². The van der Waals surface area contributed by atoms with Crippen LogP contribution in [0.3, 0.4) is 0 Å². The predicted molar refractivity (Wildman–Crippen MR) is 71.8 cm³/mol. The van der Waals surface area contributed by atoms with Crippen molar-refractivity contribution in [3.05, 3.63) is 46.8 Å². The number of halogens is 1. The van der Waals surface area contributed by atoms with Crippen LogP contribution in [-0.4, -0.2) is 0 Å². The molecule has 0 radical (unpaired) electrons. The molecule has 0 saturated heterocycles. The van der Waals surface area contributed by atoms with Crippen LogP contribution in [0, 0.1) is 13.8 Å². The predicted octanol–water partition coefficient (Wildman–Crippen LogP) is -1.60. The van der Waals surface area contributed by atoms with Crippen molar-refractivity contribution in [1.29, 1.82) is 0 Å². The summed E-state index contributed by atoms with van der Waals surface area (Å²) in [6.07, 6.45) is 0.